The summed E-state index contributed by atoms with van der Waals surface area (Å²) in [4.78, 5) is 4.87. The highest BCUT2D eigenvalue weighted by Gasteiger charge is 2.21. The van der Waals surface area contributed by atoms with Gasteiger partial charge >= 0.3 is 0 Å². The van der Waals surface area contributed by atoms with Crippen LogP contribution < -0.4 is 0 Å². The average molecular weight is 214 g/mol. The maximum atomic E-state index is 5.52. The van der Waals surface area contributed by atoms with Crippen LogP contribution in [-0.2, 0) is 4.74 Å². The van der Waals surface area contributed by atoms with Gasteiger partial charge in [0.25, 0.3) is 0 Å². The molecule has 0 unspecified atom stereocenters. The van der Waals surface area contributed by atoms with E-state index in [1.165, 1.54) is 19.6 Å². The van der Waals surface area contributed by atoms with Gasteiger partial charge in [-0.15, -0.1) is 0 Å². The van der Waals surface area contributed by atoms with E-state index in [2.05, 4.69) is 37.6 Å². The van der Waals surface area contributed by atoms with Crippen LogP contribution in [-0.4, -0.2) is 62.3 Å². The molecular formula is C12H26N2O. The quantitative estimate of drug-likeness (QED) is 0.635. The molecule has 0 aromatic carbocycles. The summed E-state index contributed by atoms with van der Waals surface area (Å²) in [5, 5.41) is 0. The minimum atomic E-state index is 0.356. The lowest BCUT2D eigenvalue weighted by atomic mass is 10.0. The van der Waals surface area contributed by atoms with Crippen molar-refractivity contribution in [2.24, 2.45) is 5.92 Å². The minimum Gasteiger partial charge on any atom is -0.377 e. The summed E-state index contributed by atoms with van der Waals surface area (Å²) < 4.78 is 5.52. The Morgan fingerprint density at radius 2 is 2.00 bits per heavy atom. The molecule has 0 bridgehead atoms. The Labute approximate surface area is 94.4 Å². The molecule has 0 saturated carbocycles. The molecular weight excluding hydrogens is 188 g/mol. The Balaban J connectivity index is 1.92. The summed E-state index contributed by atoms with van der Waals surface area (Å²) >= 11 is 0. The Morgan fingerprint density at radius 1 is 1.33 bits per heavy atom. The summed E-state index contributed by atoms with van der Waals surface area (Å²) in [6.45, 7) is 13.3. The minimum absolute atomic E-state index is 0.356. The maximum Gasteiger partial charge on any atom is 0.0596 e. The molecule has 3 nitrogen and oxygen atoms in total. The Hall–Kier alpha value is -0.120. The van der Waals surface area contributed by atoms with Crippen molar-refractivity contribution in [1.82, 2.24) is 9.80 Å². The molecule has 0 spiro atoms. The van der Waals surface area contributed by atoms with Gasteiger partial charge in [-0.05, 0) is 26.8 Å². The Kier molecular flexibility index (Phi) is 5.58. The molecule has 0 atom stereocenters. The number of ether oxygens (including phenoxy) is 1. The van der Waals surface area contributed by atoms with Crippen molar-refractivity contribution in [3.05, 3.63) is 0 Å². The first-order chi connectivity index (χ1) is 7.08. The Morgan fingerprint density at radius 3 is 2.53 bits per heavy atom. The van der Waals surface area contributed by atoms with Gasteiger partial charge in [0, 0.05) is 32.7 Å². The first-order valence-corrected chi connectivity index (χ1v) is 6.10. The van der Waals surface area contributed by atoms with E-state index in [0.717, 1.165) is 25.6 Å². The van der Waals surface area contributed by atoms with Gasteiger partial charge in [0.05, 0.1) is 12.7 Å². The molecule has 0 aromatic heterocycles. The zero-order chi connectivity index (χ0) is 11.3. The number of rotatable bonds is 7. The van der Waals surface area contributed by atoms with Crippen LogP contribution in [0.4, 0.5) is 0 Å². The molecule has 1 aliphatic heterocycles. The normalized spacial score (nSPS) is 18.8. The smallest absolute Gasteiger partial charge is 0.0596 e. The molecule has 0 aliphatic carbocycles. The van der Waals surface area contributed by atoms with Crippen LogP contribution in [0.25, 0.3) is 0 Å². The zero-order valence-electron chi connectivity index (χ0n) is 10.7. The van der Waals surface area contributed by atoms with E-state index in [0.29, 0.717) is 6.10 Å². The summed E-state index contributed by atoms with van der Waals surface area (Å²) in [5.74, 6) is 0.916. The first kappa shape index (κ1) is 12.9. The van der Waals surface area contributed by atoms with Crippen molar-refractivity contribution < 1.29 is 4.74 Å². The first-order valence-electron chi connectivity index (χ1n) is 6.10. The van der Waals surface area contributed by atoms with Gasteiger partial charge in [-0.1, -0.05) is 6.92 Å². The van der Waals surface area contributed by atoms with E-state index < -0.39 is 0 Å². The molecule has 3 heteroatoms. The van der Waals surface area contributed by atoms with Crippen molar-refractivity contribution in [1.29, 1.82) is 0 Å². The highest BCUT2D eigenvalue weighted by atomic mass is 16.5. The third kappa shape index (κ3) is 5.50. The molecule has 0 amide bonds. The van der Waals surface area contributed by atoms with Crippen molar-refractivity contribution in [2.45, 2.75) is 26.9 Å². The van der Waals surface area contributed by atoms with Crippen LogP contribution in [0, 0.1) is 5.92 Å². The van der Waals surface area contributed by atoms with E-state index in [1.807, 2.05) is 0 Å². The molecule has 0 aromatic rings. The zero-order valence-corrected chi connectivity index (χ0v) is 10.7. The lowest BCUT2D eigenvalue weighted by Gasteiger charge is -2.38. The number of nitrogens with zero attached hydrogens (tertiary/aromatic N) is 2. The van der Waals surface area contributed by atoms with Crippen LogP contribution in [0.1, 0.15) is 20.8 Å². The molecule has 1 heterocycles. The molecule has 0 radical (unpaired) electrons. The fourth-order valence-corrected chi connectivity index (χ4v) is 1.88. The summed E-state index contributed by atoms with van der Waals surface area (Å²) in [6, 6.07) is 0. The van der Waals surface area contributed by atoms with Crippen molar-refractivity contribution in [2.75, 3.05) is 46.4 Å². The number of hydrogen-bond donors (Lipinski definition) is 0. The predicted octanol–water partition coefficient (Wildman–Crippen LogP) is 1.29. The highest BCUT2D eigenvalue weighted by Crippen LogP contribution is 2.12. The molecule has 15 heavy (non-hydrogen) atoms. The van der Waals surface area contributed by atoms with Crippen molar-refractivity contribution in [3.63, 3.8) is 0 Å². The van der Waals surface area contributed by atoms with Crippen LogP contribution in [0.5, 0.6) is 0 Å². The second kappa shape index (κ2) is 6.46. The molecule has 0 N–H and O–H groups in total. The van der Waals surface area contributed by atoms with Gasteiger partial charge in [-0.2, -0.15) is 0 Å². The van der Waals surface area contributed by atoms with Crippen molar-refractivity contribution in [3.8, 4) is 0 Å². The predicted molar refractivity (Wildman–Crippen MR) is 64.2 cm³/mol. The van der Waals surface area contributed by atoms with E-state index >= 15 is 0 Å². The van der Waals surface area contributed by atoms with Gasteiger partial charge in [-0.3, -0.25) is 0 Å². The van der Waals surface area contributed by atoms with Crippen LogP contribution in [0.15, 0.2) is 0 Å². The van der Waals surface area contributed by atoms with Crippen molar-refractivity contribution >= 4 is 0 Å². The fourth-order valence-electron chi connectivity index (χ4n) is 1.88. The van der Waals surface area contributed by atoms with Gasteiger partial charge in [0.2, 0.25) is 0 Å². The van der Waals surface area contributed by atoms with Gasteiger partial charge in [-0.25, -0.2) is 0 Å². The van der Waals surface area contributed by atoms with Gasteiger partial charge < -0.3 is 14.5 Å². The van der Waals surface area contributed by atoms with E-state index in [4.69, 9.17) is 4.74 Å². The van der Waals surface area contributed by atoms with Crippen LogP contribution >= 0.6 is 0 Å². The molecule has 1 aliphatic rings. The maximum absolute atomic E-state index is 5.52. The monoisotopic (exact) mass is 214 g/mol. The third-order valence-electron chi connectivity index (χ3n) is 2.86. The van der Waals surface area contributed by atoms with Crippen LogP contribution in [0.2, 0.25) is 0 Å². The van der Waals surface area contributed by atoms with Gasteiger partial charge in [0.15, 0.2) is 0 Å². The average Bonchev–Trinajstić information content (AvgIpc) is 2.10. The molecule has 1 rings (SSSR count). The van der Waals surface area contributed by atoms with E-state index in [1.54, 1.807) is 0 Å². The lowest BCUT2D eigenvalue weighted by Crippen LogP contribution is -2.48. The lowest BCUT2D eigenvalue weighted by molar-refractivity contribution is 0.0556. The summed E-state index contributed by atoms with van der Waals surface area (Å²) in [6.07, 6.45) is 0.356. The topological polar surface area (TPSA) is 15.7 Å². The second-order valence-corrected chi connectivity index (χ2v) is 5.09. The fraction of sp³-hybridized carbons (Fsp3) is 1.00. The Bertz CT molecular complexity index is 167. The molecule has 1 fully saturated rings. The second-order valence-electron chi connectivity index (χ2n) is 5.09. The summed E-state index contributed by atoms with van der Waals surface area (Å²) in [7, 11) is 2.17. The molecule has 90 valence electrons. The summed E-state index contributed by atoms with van der Waals surface area (Å²) in [5.41, 5.74) is 0. The number of likely N-dealkylation sites (tertiary alicyclic amines) is 1. The largest absolute Gasteiger partial charge is 0.377 e. The van der Waals surface area contributed by atoms with E-state index in [-0.39, 0.29) is 0 Å². The molecule has 1 saturated heterocycles. The number of likely N-dealkylation sites (N-methyl/N-ethyl adjacent to an activating group) is 1. The third-order valence-corrected chi connectivity index (χ3v) is 2.86. The highest BCUT2D eigenvalue weighted by molar-refractivity contribution is 4.76. The standard InChI is InChI=1S/C12H26N2O/c1-11(2)15-8-7-13(4)5-6-14-9-12(3)10-14/h11-12H,5-10H2,1-4H3. The van der Waals surface area contributed by atoms with E-state index in [9.17, 15) is 0 Å². The van der Waals surface area contributed by atoms with Crippen LogP contribution in [0.3, 0.4) is 0 Å². The van der Waals surface area contributed by atoms with Gasteiger partial charge in [0.1, 0.15) is 0 Å². The SMILES string of the molecule is CC1CN(CCN(C)CCOC(C)C)C1. The number of hydrogen-bond acceptors (Lipinski definition) is 3.